The van der Waals surface area contributed by atoms with Gasteiger partial charge in [-0.05, 0) is 11.5 Å². The monoisotopic (exact) mass is 251 g/mol. The lowest BCUT2D eigenvalue weighted by Gasteiger charge is -2.04. The van der Waals surface area contributed by atoms with E-state index in [-0.39, 0.29) is 5.75 Å². The maximum absolute atomic E-state index is 10.9. The van der Waals surface area contributed by atoms with Crippen molar-refractivity contribution in [2.45, 2.75) is 0 Å². The van der Waals surface area contributed by atoms with Gasteiger partial charge in [-0.25, -0.2) is 8.42 Å². The Morgan fingerprint density at radius 1 is 1.60 bits per heavy atom. The average molecular weight is 251 g/mol. The van der Waals surface area contributed by atoms with E-state index in [4.69, 9.17) is 10.5 Å². The van der Waals surface area contributed by atoms with Crippen LogP contribution < -0.4 is 15.8 Å². The summed E-state index contributed by atoms with van der Waals surface area (Å²) in [6.07, 6.45) is 1.19. The van der Waals surface area contributed by atoms with E-state index in [0.717, 1.165) is 11.5 Å². The molecule has 1 heterocycles. The highest BCUT2D eigenvalue weighted by Gasteiger charge is 2.11. The molecule has 0 radical (unpaired) electrons. The zero-order valence-corrected chi connectivity index (χ0v) is 10.1. The van der Waals surface area contributed by atoms with Crippen LogP contribution >= 0.6 is 11.5 Å². The highest BCUT2D eigenvalue weighted by Crippen LogP contribution is 2.34. The lowest BCUT2D eigenvalue weighted by atomic mass is 10.5. The summed E-state index contributed by atoms with van der Waals surface area (Å²) in [4.78, 5) is 0. The van der Waals surface area contributed by atoms with Crippen LogP contribution in [-0.4, -0.2) is 38.5 Å². The number of hydrogen-bond donors (Lipinski definition) is 2. The van der Waals surface area contributed by atoms with Gasteiger partial charge in [0.15, 0.2) is 16.6 Å². The van der Waals surface area contributed by atoms with Crippen LogP contribution in [0, 0.1) is 0 Å². The van der Waals surface area contributed by atoms with Crippen molar-refractivity contribution in [1.82, 2.24) is 4.37 Å². The Bertz CT molecular complexity index is 427. The lowest BCUT2D eigenvalue weighted by molar-refractivity contribution is 0.419. The van der Waals surface area contributed by atoms with Gasteiger partial charge in [-0.2, -0.15) is 4.37 Å². The summed E-state index contributed by atoms with van der Waals surface area (Å²) in [6, 6.07) is 0. The molecule has 1 aromatic heterocycles. The molecular formula is C7H13N3O3S2. The highest BCUT2D eigenvalue weighted by molar-refractivity contribution is 7.90. The first kappa shape index (κ1) is 12.1. The zero-order chi connectivity index (χ0) is 11.5. The van der Waals surface area contributed by atoms with Crippen molar-refractivity contribution in [1.29, 1.82) is 0 Å². The fourth-order valence-corrected chi connectivity index (χ4v) is 2.14. The molecule has 0 aromatic carbocycles. The number of nitrogens with two attached hydrogens (primary N) is 1. The van der Waals surface area contributed by atoms with E-state index in [9.17, 15) is 8.42 Å². The van der Waals surface area contributed by atoms with Gasteiger partial charge in [0.2, 0.25) is 0 Å². The van der Waals surface area contributed by atoms with E-state index in [1.807, 2.05) is 0 Å². The fraction of sp³-hybridized carbons (Fsp3) is 0.571. The third-order valence-electron chi connectivity index (χ3n) is 1.64. The third kappa shape index (κ3) is 3.56. The molecule has 0 saturated carbocycles. The number of rotatable bonds is 5. The van der Waals surface area contributed by atoms with Crippen LogP contribution in [-0.2, 0) is 9.84 Å². The molecule has 8 heteroatoms. The Labute approximate surface area is 92.5 Å². The number of nitrogens with zero attached hydrogens (tertiary/aromatic N) is 1. The Morgan fingerprint density at radius 3 is 2.80 bits per heavy atom. The SMILES string of the molecule is COc1c(N)nsc1NCCS(C)(=O)=O. The van der Waals surface area contributed by atoms with E-state index in [0.29, 0.717) is 23.1 Å². The minimum absolute atomic E-state index is 0.0635. The largest absolute Gasteiger partial charge is 0.490 e. The fourth-order valence-electron chi connectivity index (χ4n) is 0.954. The molecule has 0 fully saturated rings. The van der Waals surface area contributed by atoms with Gasteiger partial charge in [-0.15, -0.1) is 0 Å². The summed E-state index contributed by atoms with van der Waals surface area (Å²) >= 11 is 1.15. The van der Waals surface area contributed by atoms with Gasteiger partial charge in [0.25, 0.3) is 0 Å². The molecule has 6 nitrogen and oxygen atoms in total. The molecule has 0 aliphatic carbocycles. The van der Waals surface area contributed by atoms with Crippen LogP contribution in [0.4, 0.5) is 10.8 Å². The molecule has 15 heavy (non-hydrogen) atoms. The van der Waals surface area contributed by atoms with Gasteiger partial charge >= 0.3 is 0 Å². The zero-order valence-electron chi connectivity index (χ0n) is 8.48. The average Bonchev–Trinajstić information content (AvgIpc) is 2.44. The van der Waals surface area contributed by atoms with Gasteiger partial charge in [0, 0.05) is 12.8 Å². The van der Waals surface area contributed by atoms with Crippen molar-refractivity contribution in [3.8, 4) is 5.75 Å². The number of nitrogens with one attached hydrogen (secondary N) is 1. The Hall–Kier alpha value is -1.02. The van der Waals surface area contributed by atoms with E-state index in [1.165, 1.54) is 13.4 Å². The van der Waals surface area contributed by atoms with Crippen LogP contribution in [0.5, 0.6) is 5.75 Å². The first-order chi connectivity index (χ1) is 6.94. The summed E-state index contributed by atoms with van der Waals surface area (Å²) in [7, 11) is -1.47. The molecular weight excluding hydrogens is 238 g/mol. The van der Waals surface area contributed by atoms with Crippen LogP contribution in [0.3, 0.4) is 0 Å². The number of hydrogen-bond acceptors (Lipinski definition) is 7. The smallest absolute Gasteiger partial charge is 0.197 e. The Kier molecular flexibility index (Phi) is 3.75. The molecule has 1 rings (SSSR count). The maximum Gasteiger partial charge on any atom is 0.197 e. The molecule has 0 atom stereocenters. The first-order valence-electron chi connectivity index (χ1n) is 4.15. The molecule has 3 N–H and O–H groups in total. The van der Waals surface area contributed by atoms with E-state index in [1.54, 1.807) is 0 Å². The van der Waals surface area contributed by atoms with Crippen molar-refractivity contribution < 1.29 is 13.2 Å². The van der Waals surface area contributed by atoms with Crippen LogP contribution in [0.1, 0.15) is 0 Å². The highest BCUT2D eigenvalue weighted by atomic mass is 32.2. The van der Waals surface area contributed by atoms with Gasteiger partial charge < -0.3 is 15.8 Å². The standard InChI is InChI=1S/C7H13N3O3S2/c1-13-5-6(8)10-14-7(5)9-3-4-15(2,11)12/h9H,3-4H2,1-2H3,(H2,8,10). The van der Waals surface area contributed by atoms with Gasteiger partial charge in [-0.1, -0.05) is 0 Å². The summed E-state index contributed by atoms with van der Waals surface area (Å²) in [5, 5.41) is 3.56. The molecule has 0 aliphatic rings. The summed E-state index contributed by atoms with van der Waals surface area (Å²) < 4.78 is 30.6. The maximum atomic E-state index is 10.9. The van der Waals surface area contributed by atoms with Gasteiger partial charge in [0.05, 0.1) is 12.9 Å². The quantitative estimate of drug-likeness (QED) is 0.776. The Balaban J connectivity index is 2.58. The predicted molar refractivity (Wildman–Crippen MR) is 61.3 cm³/mol. The van der Waals surface area contributed by atoms with Crippen molar-refractivity contribution in [2.75, 3.05) is 36.7 Å². The van der Waals surface area contributed by atoms with Crippen LogP contribution in [0.25, 0.3) is 0 Å². The summed E-state index contributed by atoms with van der Waals surface area (Å²) in [6.45, 7) is 0.316. The minimum Gasteiger partial charge on any atom is -0.490 e. The van der Waals surface area contributed by atoms with Crippen molar-refractivity contribution in [3.05, 3.63) is 0 Å². The summed E-state index contributed by atoms with van der Waals surface area (Å²) in [5.74, 6) is 0.839. The van der Waals surface area contributed by atoms with E-state index < -0.39 is 9.84 Å². The molecule has 0 amide bonds. The molecule has 0 spiro atoms. The normalized spacial score (nSPS) is 11.3. The van der Waals surface area contributed by atoms with Crippen molar-refractivity contribution >= 4 is 32.2 Å². The lowest BCUT2D eigenvalue weighted by Crippen LogP contribution is -2.13. The second kappa shape index (κ2) is 4.67. The summed E-state index contributed by atoms with van der Waals surface area (Å²) in [5.41, 5.74) is 5.53. The number of ether oxygens (including phenoxy) is 1. The second-order valence-corrected chi connectivity index (χ2v) is 6.02. The van der Waals surface area contributed by atoms with E-state index in [2.05, 4.69) is 9.69 Å². The van der Waals surface area contributed by atoms with Gasteiger partial charge in [-0.3, -0.25) is 0 Å². The van der Waals surface area contributed by atoms with Gasteiger partial charge in [0.1, 0.15) is 9.84 Å². The predicted octanol–water partition coefficient (Wildman–Crippen LogP) is 0.190. The number of anilines is 2. The molecule has 0 unspecified atom stereocenters. The van der Waals surface area contributed by atoms with E-state index >= 15 is 0 Å². The number of sulfone groups is 1. The number of methoxy groups -OCH3 is 1. The number of nitrogen functional groups attached to an aromatic ring is 1. The number of aromatic nitrogens is 1. The second-order valence-electron chi connectivity index (χ2n) is 2.99. The first-order valence-corrected chi connectivity index (χ1v) is 6.98. The molecule has 0 saturated heterocycles. The molecule has 1 aromatic rings. The molecule has 86 valence electrons. The van der Waals surface area contributed by atoms with Crippen LogP contribution in [0.2, 0.25) is 0 Å². The minimum atomic E-state index is -2.96. The molecule has 0 aliphatic heterocycles. The van der Waals surface area contributed by atoms with Crippen LogP contribution in [0.15, 0.2) is 0 Å². The molecule has 0 bridgehead atoms. The van der Waals surface area contributed by atoms with Crippen molar-refractivity contribution in [2.24, 2.45) is 0 Å². The Morgan fingerprint density at radius 2 is 2.27 bits per heavy atom. The topological polar surface area (TPSA) is 94.3 Å². The van der Waals surface area contributed by atoms with Crippen molar-refractivity contribution in [3.63, 3.8) is 0 Å². The third-order valence-corrected chi connectivity index (χ3v) is 3.38.